The van der Waals surface area contributed by atoms with Gasteiger partial charge in [-0.1, -0.05) is 51.8 Å². The minimum atomic E-state index is -0.508. The maximum Gasteiger partial charge on any atom is 0.341 e. The van der Waals surface area contributed by atoms with E-state index in [0.29, 0.717) is 21.2 Å². The van der Waals surface area contributed by atoms with Gasteiger partial charge in [0, 0.05) is 14.9 Å². The fourth-order valence-corrected chi connectivity index (χ4v) is 4.25. The molecule has 138 valence electrons. The van der Waals surface area contributed by atoms with Crippen LogP contribution in [0, 0.1) is 6.92 Å². The van der Waals surface area contributed by atoms with Crippen LogP contribution in [0.4, 0.5) is 5.00 Å². The number of aryl methyl sites for hydroxylation is 1. The fourth-order valence-electron chi connectivity index (χ4n) is 2.71. The Kier molecular flexibility index (Phi) is 5.99. The number of amides is 1. The maximum absolute atomic E-state index is 12.7. The van der Waals surface area contributed by atoms with Crippen LogP contribution in [0.2, 0.25) is 5.02 Å². The van der Waals surface area contributed by atoms with Gasteiger partial charge in [-0.05, 0) is 36.8 Å². The van der Waals surface area contributed by atoms with Gasteiger partial charge in [0.25, 0.3) is 5.91 Å². The van der Waals surface area contributed by atoms with Gasteiger partial charge in [0.1, 0.15) is 10.6 Å². The van der Waals surface area contributed by atoms with E-state index in [1.807, 2.05) is 31.2 Å². The summed E-state index contributed by atoms with van der Waals surface area (Å²) in [6, 6.07) is 14.4. The molecule has 0 aliphatic heterocycles. The second-order valence-corrected chi connectivity index (χ2v) is 8.22. The number of anilines is 1. The van der Waals surface area contributed by atoms with Crippen molar-refractivity contribution in [1.29, 1.82) is 0 Å². The van der Waals surface area contributed by atoms with Crippen molar-refractivity contribution in [1.82, 2.24) is 0 Å². The highest BCUT2D eigenvalue weighted by atomic mass is 79.9. The third-order valence-corrected chi connectivity index (χ3v) is 5.83. The number of hydrogen-bond acceptors (Lipinski definition) is 4. The highest BCUT2D eigenvalue weighted by Gasteiger charge is 2.25. The van der Waals surface area contributed by atoms with Crippen LogP contribution < -0.4 is 5.32 Å². The number of rotatable bonds is 4. The summed E-state index contributed by atoms with van der Waals surface area (Å²) < 4.78 is 5.90. The number of halogens is 2. The molecule has 0 aliphatic rings. The third kappa shape index (κ3) is 4.08. The Morgan fingerprint density at radius 1 is 1.11 bits per heavy atom. The van der Waals surface area contributed by atoms with Crippen molar-refractivity contribution in [3.05, 3.63) is 74.0 Å². The monoisotopic (exact) mass is 463 g/mol. The Balaban J connectivity index is 2.07. The average molecular weight is 465 g/mol. The molecule has 0 unspecified atom stereocenters. The summed E-state index contributed by atoms with van der Waals surface area (Å²) in [5, 5.41) is 3.59. The van der Waals surface area contributed by atoms with Crippen molar-refractivity contribution in [3.8, 4) is 11.1 Å². The lowest BCUT2D eigenvalue weighted by Crippen LogP contribution is -2.14. The van der Waals surface area contributed by atoms with Gasteiger partial charge in [-0.2, -0.15) is 0 Å². The predicted molar refractivity (Wildman–Crippen MR) is 113 cm³/mol. The molecule has 1 amide bonds. The van der Waals surface area contributed by atoms with E-state index in [4.69, 9.17) is 16.3 Å². The second kappa shape index (κ2) is 8.25. The van der Waals surface area contributed by atoms with E-state index >= 15 is 0 Å². The van der Waals surface area contributed by atoms with E-state index in [0.717, 1.165) is 20.5 Å². The summed E-state index contributed by atoms with van der Waals surface area (Å²) in [6.07, 6.45) is 0. The number of methoxy groups -OCH3 is 1. The van der Waals surface area contributed by atoms with Gasteiger partial charge in [-0.15, -0.1) is 11.3 Å². The highest BCUT2D eigenvalue weighted by Crippen LogP contribution is 2.41. The molecule has 0 radical (unpaired) electrons. The summed E-state index contributed by atoms with van der Waals surface area (Å²) in [5.74, 6) is -0.888. The number of carbonyl (C=O) groups is 2. The Morgan fingerprint density at radius 3 is 2.41 bits per heavy atom. The minimum Gasteiger partial charge on any atom is -0.465 e. The third-order valence-electron chi connectivity index (χ3n) is 3.95. The van der Waals surface area contributed by atoms with Crippen LogP contribution in [0.1, 0.15) is 25.6 Å². The Bertz CT molecular complexity index is 1010. The summed E-state index contributed by atoms with van der Waals surface area (Å²) >= 11 is 10.8. The molecular formula is C20H15BrClNO3S. The lowest BCUT2D eigenvalue weighted by molar-refractivity contribution is 0.0603. The molecule has 1 N–H and O–H groups in total. The molecule has 0 aliphatic carbocycles. The quantitative estimate of drug-likeness (QED) is 0.469. The molecule has 7 heteroatoms. The molecule has 0 saturated carbocycles. The van der Waals surface area contributed by atoms with Crippen LogP contribution in [0.5, 0.6) is 0 Å². The summed E-state index contributed by atoms with van der Waals surface area (Å²) in [6.45, 7) is 1.90. The SMILES string of the molecule is COC(=O)c1c(NC(=O)c2ccccc2Cl)sc(C)c1-c1ccc(Br)cc1. The van der Waals surface area contributed by atoms with Gasteiger partial charge in [0.2, 0.25) is 0 Å². The smallest absolute Gasteiger partial charge is 0.341 e. The van der Waals surface area contributed by atoms with Gasteiger partial charge in [0.05, 0.1) is 17.7 Å². The van der Waals surface area contributed by atoms with Crippen molar-refractivity contribution in [2.24, 2.45) is 0 Å². The van der Waals surface area contributed by atoms with Crippen molar-refractivity contribution in [2.75, 3.05) is 12.4 Å². The maximum atomic E-state index is 12.7. The molecule has 4 nitrogen and oxygen atoms in total. The normalized spacial score (nSPS) is 10.5. The molecule has 0 atom stereocenters. The van der Waals surface area contributed by atoms with Gasteiger partial charge in [-0.3, -0.25) is 4.79 Å². The fraction of sp³-hybridized carbons (Fsp3) is 0.100. The van der Waals surface area contributed by atoms with Crippen LogP contribution in [0.15, 0.2) is 53.0 Å². The largest absolute Gasteiger partial charge is 0.465 e. The van der Waals surface area contributed by atoms with Crippen molar-refractivity contribution in [2.45, 2.75) is 6.92 Å². The number of carbonyl (C=O) groups excluding carboxylic acids is 2. The average Bonchev–Trinajstić information content (AvgIpc) is 2.97. The predicted octanol–water partition coefficient (Wildman–Crippen LogP) is 6.18. The zero-order valence-corrected chi connectivity index (χ0v) is 17.7. The number of benzene rings is 2. The zero-order valence-electron chi connectivity index (χ0n) is 14.5. The lowest BCUT2D eigenvalue weighted by Gasteiger charge is -2.09. The first-order chi connectivity index (χ1) is 12.9. The number of thiophene rings is 1. The van der Waals surface area contributed by atoms with Crippen molar-refractivity contribution in [3.63, 3.8) is 0 Å². The van der Waals surface area contributed by atoms with Crippen LogP contribution in [0.25, 0.3) is 11.1 Å². The van der Waals surface area contributed by atoms with Gasteiger partial charge < -0.3 is 10.1 Å². The van der Waals surface area contributed by atoms with Crippen LogP contribution in [-0.2, 0) is 4.74 Å². The summed E-state index contributed by atoms with van der Waals surface area (Å²) in [7, 11) is 1.32. The Hall–Kier alpha value is -2.15. The van der Waals surface area contributed by atoms with Gasteiger partial charge in [-0.25, -0.2) is 4.79 Å². The molecule has 2 aromatic carbocycles. The minimum absolute atomic E-state index is 0.336. The van der Waals surface area contributed by atoms with E-state index in [9.17, 15) is 9.59 Å². The number of esters is 1. The van der Waals surface area contributed by atoms with E-state index in [-0.39, 0.29) is 5.91 Å². The topological polar surface area (TPSA) is 55.4 Å². The van der Waals surface area contributed by atoms with E-state index in [2.05, 4.69) is 21.2 Å². The molecule has 0 saturated heterocycles. The standard InChI is InChI=1S/C20H15BrClNO3S/c1-11-16(12-7-9-13(21)10-8-12)17(20(25)26-2)19(27-11)23-18(24)14-5-3-4-6-15(14)22/h3-10H,1-2H3,(H,23,24). The molecule has 1 heterocycles. The van der Waals surface area contributed by atoms with E-state index < -0.39 is 5.97 Å². The van der Waals surface area contributed by atoms with Crippen LogP contribution >= 0.6 is 38.9 Å². The summed E-state index contributed by atoms with van der Waals surface area (Å²) in [5.41, 5.74) is 2.29. The second-order valence-electron chi connectivity index (χ2n) is 5.67. The Morgan fingerprint density at radius 2 is 1.78 bits per heavy atom. The van der Waals surface area contributed by atoms with Gasteiger partial charge >= 0.3 is 5.97 Å². The molecule has 0 fully saturated rings. The first-order valence-corrected chi connectivity index (χ1v) is 9.94. The first-order valence-electron chi connectivity index (χ1n) is 7.96. The van der Waals surface area contributed by atoms with E-state index in [1.54, 1.807) is 24.3 Å². The van der Waals surface area contributed by atoms with Crippen molar-refractivity contribution >= 4 is 55.7 Å². The van der Waals surface area contributed by atoms with Crippen LogP contribution in [-0.4, -0.2) is 19.0 Å². The van der Waals surface area contributed by atoms with E-state index in [1.165, 1.54) is 18.4 Å². The lowest BCUT2D eigenvalue weighted by atomic mass is 10.0. The molecule has 27 heavy (non-hydrogen) atoms. The van der Waals surface area contributed by atoms with Crippen molar-refractivity contribution < 1.29 is 14.3 Å². The zero-order chi connectivity index (χ0) is 19.6. The molecule has 1 aromatic heterocycles. The molecule has 3 aromatic rings. The molecule has 0 bridgehead atoms. The highest BCUT2D eigenvalue weighted by molar-refractivity contribution is 9.10. The molecule has 3 rings (SSSR count). The van der Waals surface area contributed by atoms with Crippen LogP contribution in [0.3, 0.4) is 0 Å². The summed E-state index contributed by atoms with van der Waals surface area (Å²) in [4.78, 5) is 26.0. The van der Waals surface area contributed by atoms with Gasteiger partial charge in [0.15, 0.2) is 0 Å². The number of hydrogen-bond donors (Lipinski definition) is 1. The molecule has 0 spiro atoms. The Labute approximate surface area is 174 Å². The number of ether oxygens (including phenoxy) is 1. The number of nitrogens with one attached hydrogen (secondary N) is 1. The molecular weight excluding hydrogens is 450 g/mol. The first kappa shape index (κ1) is 19.6.